The lowest BCUT2D eigenvalue weighted by Gasteiger charge is -2.44. The van der Waals surface area contributed by atoms with Crippen LogP contribution in [0.3, 0.4) is 0 Å². The first kappa shape index (κ1) is 12.9. The Morgan fingerprint density at radius 3 is 2.11 bits per heavy atom. The van der Waals surface area contributed by atoms with Crippen LogP contribution < -0.4 is 5.73 Å². The van der Waals surface area contributed by atoms with Crippen LogP contribution >= 0.6 is 0 Å². The summed E-state index contributed by atoms with van der Waals surface area (Å²) in [7, 11) is 0. The minimum Gasteiger partial charge on any atom is -0.324 e. The molecule has 2 heterocycles. The van der Waals surface area contributed by atoms with Crippen molar-refractivity contribution in [1.82, 2.24) is 9.80 Å². The molecule has 0 spiro atoms. The third kappa shape index (κ3) is 3.06. The third-order valence-corrected chi connectivity index (χ3v) is 5.31. The molecule has 3 nitrogen and oxygen atoms in total. The first-order valence-electron chi connectivity index (χ1n) is 7.97. The smallest absolute Gasteiger partial charge is 0.0283 e. The van der Waals surface area contributed by atoms with Crippen LogP contribution in [-0.2, 0) is 0 Å². The summed E-state index contributed by atoms with van der Waals surface area (Å²) in [5, 5.41) is 0. The van der Waals surface area contributed by atoms with E-state index in [1.54, 1.807) is 0 Å². The van der Waals surface area contributed by atoms with E-state index in [0.29, 0.717) is 0 Å². The largest absolute Gasteiger partial charge is 0.324 e. The molecule has 2 N–H and O–H groups in total. The zero-order valence-corrected chi connectivity index (χ0v) is 11.7. The number of rotatable bonds is 4. The average Bonchev–Trinajstić information content (AvgIpc) is 2.82. The van der Waals surface area contributed by atoms with Crippen molar-refractivity contribution in [1.29, 1.82) is 0 Å². The van der Waals surface area contributed by atoms with Crippen molar-refractivity contribution >= 4 is 0 Å². The molecular formula is C15H29N3. The lowest BCUT2D eigenvalue weighted by molar-refractivity contribution is 0.0999. The van der Waals surface area contributed by atoms with E-state index in [2.05, 4.69) is 9.80 Å². The molecule has 2 saturated heterocycles. The normalized spacial score (nSPS) is 30.5. The van der Waals surface area contributed by atoms with Crippen molar-refractivity contribution in [2.75, 3.05) is 39.3 Å². The molecule has 0 aromatic heterocycles. The van der Waals surface area contributed by atoms with Gasteiger partial charge in [-0.15, -0.1) is 0 Å². The molecule has 3 rings (SSSR count). The molecule has 1 aliphatic carbocycles. The first-order chi connectivity index (χ1) is 8.73. The minimum absolute atomic E-state index is 0.182. The van der Waals surface area contributed by atoms with E-state index in [0.717, 1.165) is 12.5 Å². The molecule has 0 bridgehead atoms. The second-order valence-electron chi connectivity index (χ2n) is 6.94. The van der Waals surface area contributed by atoms with Crippen LogP contribution in [0.2, 0.25) is 0 Å². The van der Waals surface area contributed by atoms with E-state index in [4.69, 9.17) is 5.73 Å². The Bertz CT molecular complexity index is 261. The number of nitrogens with zero attached hydrogens (tertiary/aromatic N) is 2. The number of nitrogens with two attached hydrogens (primary N) is 1. The maximum Gasteiger partial charge on any atom is 0.0283 e. The van der Waals surface area contributed by atoms with Gasteiger partial charge in [0.2, 0.25) is 0 Å². The molecule has 0 radical (unpaired) electrons. The van der Waals surface area contributed by atoms with Crippen molar-refractivity contribution in [3.05, 3.63) is 0 Å². The summed E-state index contributed by atoms with van der Waals surface area (Å²) in [4.78, 5) is 5.30. The Morgan fingerprint density at radius 1 is 0.889 bits per heavy atom. The van der Waals surface area contributed by atoms with Crippen molar-refractivity contribution in [3.63, 3.8) is 0 Å². The zero-order valence-electron chi connectivity index (χ0n) is 11.7. The molecule has 18 heavy (non-hydrogen) atoms. The standard InChI is InChI=1S/C15H29N3/c16-15(6-3-7-15)13-18-10-4-14(5-11-18)12-17-8-1-2-9-17/h14H,1-13,16H2. The Hall–Kier alpha value is -0.120. The summed E-state index contributed by atoms with van der Waals surface area (Å²) in [6.07, 6.45) is 9.49. The molecule has 3 aliphatic rings. The van der Waals surface area contributed by atoms with Crippen molar-refractivity contribution < 1.29 is 0 Å². The molecule has 0 aromatic rings. The van der Waals surface area contributed by atoms with Gasteiger partial charge in [-0.3, -0.25) is 0 Å². The number of likely N-dealkylation sites (tertiary alicyclic amines) is 2. The lowest BCUT2D eigenvalue weighted by Crippen LogP contribution is -2.56. The van der Waals surface area contributed by atoms with Crippen molar-refractivity contribution in [2.45, 2.75) is 50.5 Å². The SMILES string of the molecule is NC1(CN2CCC(CN3CCCC3)CC2)CCC1. The van der Waals surface area contributed by atoms with Gasteiger partial charge in [-0.05, 0) is 77.0 Å². The van der Waals surface area contributed by atoms with Crippen LogP contribution in [0.5, 0.6) is 0 Å². The zero-order chi connectivity index (χ0) is 12.4. The number of piperidine rings is 1. The highest BCUT2D eigenvalue weighted by molar-refractivity contribution is 4.95. The van der Waals surface area contributed by atoms with Gasteiger partial charge < -0.3 is 15.5 Å². The van der Waals surface area contributed by atoms with Gasteiger partial charge in [0.1, 0.15) is 0 Å². The minimum atomic E-state index is 0.182. The highest BCUT2D eigenvalue weighted by atomic mass is 15.2. The van der Waals surface area contributed by atoms with Gasteiger partial charge >= 0.3 is 0 Å². The van der Waals surface area contributed by atoms with Crippen molar-refractivity contribution in [2.24, 2.45) is 11.7 Å². The van der Waals surface area contributed by atoms with Gasteiger partial charge in [0.25, 0.3) is 0 Å². The molecule has 3 heteroatoms. The fourth-order valence-electron chi connectivity index (χ4n) is 3.89. The number of hydrogen-bond donors (Lipinski definition) is 1. The van der Waals surface area contributed by atoms with Gasteiger partial charge in [-0.1, -0.05) is 0 Å². The summed E-state index contributed by atoms with van der Waals surface area (Å²) in [5.74, 6) is 0.953. The summed E-state index contributed by atoms with van der Waals surface area (Å²) in [5.41, 5.74) is 6.53. The fourth-order valence-corrected chi connectivity index (χ4v) is 3.89. The third-order valence-electron chi connectivity index (χ3n) is 5.31. The Kier molecular flexibility index (Phi) is 3.92. The molecule has 2 aliphatic heterocycles. The van der Waals surface area contributed by atoms with Crippen LogP contribution in [0.4, 0.5) is 0 Å². The molecule has 104 valence electrons. The van der Waals surface area contributed by atoms with E-state index in [1.165, 1.54) is 77.7 Å². The second-order valence-corrected chi connectivity index (χ2v) is 6.94. The van der Waals surface area contributed by atoms with Gasteiger partial charge in [-0.2, -0.15) is 0 Å². The average molecular weight is 251 g/mol. The number of hydrogen-bond acceptors (Lipinski definition) is 3. The van der Waals surface area contributed by atoms with Crippen LogP contribution in [0.25, 0.3) is 0 Å². The predicted octanol–water partition coefficient (Wildman–Crippen LogP) is 1.68. The van der Waals surface area contributed by atoms with E-state index < -0.39 is 0 Å². The van der Waals surface area contributed by atoms with E-state index >= 15 is 0 Å². The van der Waals surface area contributed by atoms with E-state index in [9.17, 15) is 0 Å². The molecule has 3 fully saturated rings. The molecule has 1 saturated carbocycles. The predicted molar refractivity (Wildman–Crippen MR) is 75.6 cm³/mol. The topological polar surface area (TPSA) is 32.5 Å². The maximum absolute atomic E-state index is 6.35. The first-order valence-corrected chi connectivity index (χ1v) is 7.97. The Balaban J connectivity index is 1.37. The molecule has 0 atom stereocenters. The maximum atomic E-state index is 6.35. The molecule has 0 aromatic carbocycles. The van der Waals surface area contributed by atoms with Crippen LogP contribution in [0.15, 0.2) is 0 Å². The highest BCUT2D eigenvalue weighted by Gasteiger charge is 2.35. The van der Waals surface area contributed by atoms with Gasteiger partial charge in [0.15, 0.2) is 0 Å². The Morgan fingerprint density at radius 2 is 1.56 bits per heavy atom. The van der Waals surface area contributed by atoms with Gasteiger partial charge in [-0.25, -0.2) is 0 Å². The van der Waals surface area contributed by atoms with Crippen molar-refractivity contribution in [3.8, 4) is 0 Å². The lowest BCUT2D eigenvalue weighted by atomic mass is 9.77. The van der Waals surface area contributed by atoms with E-state index in [-0.39, 0.29) is 5.54 Å². The van der Waals surface area contributed by atoms with E-state index in [1.807, 2.05) is 0 Å². The second kappa shape index (κ2) is 5.48. The molecule has 0 amide bonds. The summed E-state index contributed by atoms with van der Waals surface area (Å²) < 4.78 is 0. The summed E-state index contributed by atoms with van der Waals surface area (Å²) >= 11 is 0. The Labute approximate surface area is 112 Å². The van der Waals surface area contributed by atoms with Crippen LogP contribution in [-0.4, -0.2) is 54.6 Å². The highest BCUT2D eigenvalue weighted by Crippen LogP contribution is 2.31. The fraction of sp³-hybridized carbons (Fsp3) is 1.00. The van der Waals surface area contributed by atoms with Gasteiger partial charge in [0.05, 0.1) is 0 Å². The van der Waals surface area contributed by atoms with Crippen LogP contribution in [0.1, 0.15) is 44.9 Å². The van der Waals surface area contributed by atoms with Gasteiger partial charge in [0, 0.05) is 18.6 Å². The summed E-state index contributed by atoms with van der Waals surface area (Å²) in [6.45, 7) is 7.80. The quantitative estimate of drug-likeness (QED) is 0.825. The monoisotopic (exact) mass is 251 g/mol. The van der Waals surface area contributed by atoms with Crippen LogP contribution in [0, 0.1) is 5.92 Å². The summed E-state index contributed by atoms with van der Waals surface area (Å²) in [6, 6.07) is 0. The molecular weight excluding hydrogens is 222 g/mol. The molecule has 0 unspecified atom stereocenters.